The Bertz CT molecular complexity index is 1120. The Morgan fingerprint density at radius 2 is 1.73 bits per heavy atom. The molecule has 174 valence electrons. The predicted molar refractivity (Wildman–Crippen MR) is 124 cm³/mol. The lowest BCUT2D eigenvalue weighted by atomic mass is 9.90. The minimum Gasteiger partial charge on any atom is -0.508 e. The summed E-state index contributed by atoms with van der Waals surface area (Å²) in [5.74, 6) is -1.23. The maximum Gasteiger partial charge on any atom is 0.295 e. The maximum absolute atomic E-state index is 13.3. The number of phenols is 1. The first-order chi connectivity index (χ1) is 15.9. The molecular formula is C25H26ClNO6. The van der Waals surface area contributed by atoms with Crippen molar-refractivity contribution in [1.82, 2.24) is 4.90 Å². The van der Waals surface area contributed by atoms with Crippen molar-refractivity contribution in [3.8, 4) is 17.2 Å². The van der Waals surface area contributed by atoms with Crippen LogP contribution in [0.4, 0.5) is 0 Å². The number of aliphatic hydroxyl groups is 1. The van der Waals surface area contributed by atoms with Crippen molar-refractivity contribution in [2.75, 3.05) is 14.2 Å². The van der Waals surface area contributed by atoms with E-state index in [1.165, 1.54) is 38.5 Å². The first kappa shape index (κ1) is 23.0. The number of ether oxygens (including phenoxy) is 2. The van der Waals surface area contributed by atoms with Gasteiger partial charge in [0, 0.05) is 12.1 Å². The quantitative estimate of drug-likeness (QED) is 0.369. The van der Waals surface area contributed by atoms with E-state index in [0.29, 0.717) is 11.3 Å². The molecule has 1 heterocycles. The number of nitrogens with zero attached hydrogens (tertiary/aromatic N) is 1. The highest BCUT2D eigenvalue weighted by Gasteiger charge is 2.49. The first-order valence-electron chi connectivity index (χ1n) is 10.9. The average Bonchev–Trinajstić information content (AvgIpc) is 3.09. The van der Waals surface area contributed by atoms with Crippen molar-refractivity contribution in [3.63, 3.8) is 0 Å². The number of halogens is 1. The number of carbonyl (C=O) groups excluding carboxylic acids is 2. The second-order valence-electron chi connectivity index (χ2n) is 8.28. The van der Waals surface area contributed by atoms with Crippen molar-refractivity contribution in [3.05, 3.63) is 58.1 Å². The summed E-state index contributed by atoms with van der Waals surface area (Å²) in [6.07, 6.45) is 4.56. The van der Waals surface area contributed by atoms with Gasteiger partial charge in [-0.05, 0) is 36.6 Å². The Kier molecular flexibility index (Phi) is 6.51. The van der Waals surface area contributed by atoms with Crippen LogP contribution in [0.1, 0.15) is 49.3 Å². The lowest BCUT2D eigenvalue weighted by Crippen LogP contribution is -2.40. The minimum atomic E-state index is -0.842. The Balaban J connectivity index is 1.93. The molecule has 0 bridgehead atoms. The summed E-state index contributed by atoms with van der Waals surface area (Å²) < 4.78 is 10.6. The van der Waals surface area contributed by atoms with Gasteiger partial charge in [0.15, 0.2) is 0 Å². The molecule has 1 saturated carbocycles. The number of hydrogen-bond donors (Lipinski definition) is 2. The third kappa shape index (κ3) is 4.13. The van der Waals surface area contributed by atoms with Gasteiger partial charge in [-0.1, -0.05) is 43.0 Å². The van der Waals surface area contributed by atoms with E-state index in [1.54, 1.807) is 17.0 Å². The number of amides is 1. The minimum absolute atomic E-state index is 0.00630. The molecule has 1 aliphatic carbocycles. The number of phenolic OH excluding ortho intramolecular Hbond substituents is 1. The Labute approximate surface area is 197 Å². The highest BCUT2D eigenvalue weighted by Crippen LogP contribution is 2.45. The number of ketones is 1. The van der Waals surface area contributed by atoms with Crippen LogP contribution in [0.5, 0.6) is 17.2 Å². The van der Waals surface area contributed by atoms with Crippen LogP contribution >= 0.6 is 11.6 Å². The number of Topliss-reactive ketones (excluding diaryl/α,β-unsaturated/α-hetero) is 1. The summed E-state index contributed by atoms with van der Waals surface area (Å²) in [5, 5.41) is 21.7. The van der Waals surface area contributed by atoms with Crippen molar-refractivity contribution in [2.24, 2.45) is 0 Å². The van der Waals surface area contributed by atoms with Crippen molar-refractivity contribution >= 4 is 29.1 Å². The van der Waals surface area contributed by atoms with Gasteiger partial charge in [0.25, 0.3) is 11.7 Å². The number of likely N-dealkylation sites (tertiary alicyclic amines) is 1. The van der Waals surface area contributed by atoms with Gasteiger partial charge in [0.05, 0.1) is 36.4 Å². The Hall–Kier alpha value is -3.19. The molecule has 1 unspecified atom stereocenters. The summed E-state index contributed by atoms with van der Waals surface area (Å²) in [5.41, 5.74) is 0.658. The van der Waals surface area contributed by atoms with Gasteiger partial charge < -0.3 is 24.6 Å². The molecule has 8 heteroatoms. The van der Waals surface area contributed by atoms with Crippen LogP contribution in [0.25, 0.3) is 5.76 Å². The van der Waals surface area contributed by atoms with Crippen LogP contribution in [0, 0.1) is 0 Å². The number of benzene rings is 2. The third-order valence-electron chi connectivity index (χ3n) is 6.36. The third-order valence-corrected chi connectivity index (χ3v) is 6.66. The van der Waals surface area contributed by atoms with Crippen molar-refractivity contribution < 1.29 is 29.3 Å². The van der Waals surface area contributed by atoms with Crippen LogP contribution in [0.3, 0.4) is 0 Å². The molecule has 1 atom stereocenters. The average molecular weight is 472 g/mol. The summed E-state index contributed by atoms with van der Waals surface area (Å²) >= 11 is 6.29. The predicted octanol–water partition coefficient (Wildman–Crippen LogP) is 4.82. The van der Waals surface area contributed by atoms with Gasteiger partial charge in [-0.15, -0.1) is 0 Å². The molecule has 1 saturated heterocycles. The molecule has 2 fully saturated rings. The van der Waals surface area contributed by atoms with Gasteiger partial charge in [0.2, 0.25) is 0 Å². The van der Waals surface area contributed by atoms with Crippen LogP contribution in [-0.4, -0.2) is 47.1 Å². The molecule has 7 nitrogen and oxygen atoms in total. The van der Waals surface area contributed by atoms with E-state index < -0.39 is 17.7 Å². The van der Waals surface area contributed by atoms with Crippen LogP contribution < -0.4 is 9.47 Å². The molecule has 1 aliphatic heterocycles. The first-order valence-corrected chi connectivity index (χ1v) is 11.3. The summed E-state index contributed by atoms with van der Waals surface area (Å²) in [6.45, 7) is 0. The lowest BCUT2D eigenvalue weighted by Gasteiger charge is -2.35. The number of aliphatic hydroxyl groups excluding tert-OH is 1. The monoisotopic (exact) mass is 471 g/mol. The van der Waals surface area contributed by atoms with E-state index in [4.69, 9.17) is 21.1 Å². The fourth-order valence-electron chi connectivity index (χ4n) is 4.80. The standard InChI is InChI=1S/C25H26ClNO6/c1-32-19-13-20(33-2)18(26)12-17(19)23(29)21-22(14-7-6-10-16(28)11-14)27(25(31)24(21)30)15-8-4-3-5-9-15/h6-7,10-13,15,22,28-29H,3-5,8-9H2,1-2H3/b23-21+. The highest BCUT2D eigenvalue weighted by atomic mass is 35.5. The SMILES string of the molecule is COc1cc(OC)c(/C(O)=C2\C(=O)C(=O)N(C3CCCCC3)C2c2cccc(O)c2)cc1Cl. The molecular weight excluding hydrogens is 446 g/mol. The zero-order chi connectivity index (χ0) is 23.7. The zero-order valence-corrected chi connectivity index (χ0v) is 19.3. The number of aromatic hydroxyl groups is 1. The van der Waals surface area contributed by atoms with Crippen molar-refractivity contribution in [2.45, 2.75) is 44.2 Å². The number of carbonyl (C=O) groups is 2. The van der Waals surface area contributed by atoms with Crippen LogP contribution in [0.15, 0.2) is 42.0 Å². The molecule has 2 N–H and O–H groups in total. The number of rotatable bonds is 5. The van der Waals surface area contributed by atoms with E-state index in [-0.39, 0.29) is 39.5 Å². The lowest BCUT2D eigenvalue weighted by molar-refractivity contribution is -0.141. The maximum atomic E-state index is 13.3. The van der Waals surface area contributed by atoms with Gasteiger partial charge in [-0.25, -0.2) is 0 Å². The zero-order valence-electron chi connectivity index (χ0n) is 18.5. The summed E-state index contributed by atoms with van der Waals surface area (Å²) in [7, 11) is 2.88. The fraction of sp³-hybridized carbons (Fsp3) is 0.360. The van der Waals surface area contributed by atoms with E-state index in [9.17, 15) is 19.8 Å². The molecule has 1 amide bonds. The van der Waals surface area contributed by atoms with E-state index in [1.807, 2.05) is 0 Å². The smallest absolute Gasteiger partial charge is 0.295 e. The van der Waals surface area contributed by atoms with E-state index >= 15 is 0 Å². The molecule has 4 rings (SSSR count). The molecule has 0 aromatic heterocycles. The Morgan fingerprint density at radius 3 is 2.36 bits per heavy atom. The highest BCUT2D eigenvalue weighted by molar-refractivity contribution is 6.46. The van der Waals surface area contributed by atoms with Crippen LogP contribution in [-0.2, 0) is 9.59 Å². The molecule has 2 aromatic rings. The molecule has 33 heavy (non-hydrogen) atoms. The molecule has 2 aromatic carbocycles. The summed E-state index contributed by atoms with van der Waals surface area (Å²) in [4.78, 5) is 28.1. The molecule has 0 spiro atoms. The van der Waals surface area contributed by atoms with Gasteiger partial charge >= 0.3 is 0 Å². The van der Waals surface area contributed by atoms with Crippen LogP contribution in [0.2, 0.25) is 5.02 Å². The second kappa shape index (κ2) is 9.35. The Morgan fingerprint density at radius 1 is 1.03 bits per heavy atom. The molecule has 2 aliphatic rings. The summed E-state index contributed by atoms with van der Waals surface area (Å²) in [6, 6.07) is 8.40. The van der Waals surface area contributed by atoms with Gasteiger partial charge in [-0.2, -0.15) is 0 Å². The number of methoxy groups -OCH3 is 2. The van der Waals surface area contributed by atoms with E-state index in [2.05, 4.69) is 0 Å². The number of hydrogen-bond acceptors (Lipinski definition) is 6. The largest absolute Gasteiger partial charge is 0.508 e. The fourth-order valence-corrected chi connectivity index (χ4v) is 5.04. The second-order valence-corrected chi connectivity index (χ2v) is 8.69. The topological polar surface area (TPSA) is 96.3 Å². The van der Waals surface area contributed by atoms with Gasteiger partial charge in [0.1, 0.15) is 23.0 Å². The normalized spacial score (nSPS) is 20.8. The van der Waals surface area contributed by atoms with Gasteiger partial charge in [-0.3, -0.25) is 9.59 Å². The van der Waals surface area contributed by atoms with E-state index in [0.717, 1.165) is 32.1 Å². The molecule has 0 radical (unpaired) electrons. The van der Waals surface area contributed by atoms with Crippen molar-refractivity contribution in [1.29, 1.82) is 0 Å².